The van der Waals surface area contributed by atoms with Gasteiger partial charge in [0.05, 0.1) is 11.4 Å². The number of fused-ring (bicyclic) bond motifs is 1. The molecule has 4 aromatic rings. The predicted molar refractivity (Wildman–Crippen MR) is 91.2 cm³/mol. The van der Waals surface area contributed by atoms with Gasteiger partial charge in [0, 0.05) is 11.1 Å². The van der Waals surface area contributed by atoms with Crippen molar-refractivity contribution in [3.05, 3.63) is 65.9 Å². The SMILES string of the molecule is Cc1ccccc1-c1nn2c(C)c(-c3ccccc3)nc2s1. The van der Waals surface area contributed by atoms with E-state index in [1.807, 2.05) is 22.7 Å². The lowest BCUT2D eigenvalue weighted by Crippen LogP contribution is -1.90. The Morgan fingerprint density at radius 1 is 0.909 bits per heavy atom. The van der Waals surface area contributed by atoms with E-state index in [1.54, 1.807) is 11.3 Å². The number of hydrogen-bond donors (Lipinski definition) is 0. The molecule has 0 spiro atoms. The first-order valence-electron chi connectivity index (χ1n) is 7.21. The first-order chi connectivity index (χ1) is 10.7. The Morgan fingerprint density at radius 2 is 1.64 bits per heavy atom. The molecule has 0 atom stereocenters. The van der Waals surface area contributed by atoms with Crippen molar-refractivity contribution in [2.75, 3.05) is 0 Å². The first-order valence-corrected chi connectivity index (χ1v) is 8.03. The fourth-order valence-corrected chi connectivity index (χ4v) is 3.68. The van der Waals surface area contributed by atoms with Gasteiger partial charge in [0.2, 0.25) is 4.96 Å². The molecular weight excluding hydrogens is 290 g/mol. The maximum Gasteiger partial charge on any atom is 0.213 e. The molecule has 4 rings (SSSR count). The van der Waals surface area contributed by atoms with Gasteiger partial charge < -0.3 is 0 Å². The molecule has 108 valence electrons. The van der Waals surface area contributed by atoms with E-state index >= 15 is 0 Å². The van der Waals surface area contributed by atoms with Gasteiger partial charge in [-0.1, -0.05) is 65.9 Å². The van der Waals surface area contributed by atoms with Crippen LogP contribution in [0.2, 0.25) is 0 Å². The molecule has 0 N–H and O–H groups in total. The van der Waals surface area contributed by atoms with E-state index in [4.69, 9.17) is 10.1 Å². The van der Waals surface area contributed by atoms with Crippen LogP contribution in [-0.4, -0.2) is 14.6 Å². The van der Waals surface area contributed by atoms with Gasteiger partial charge in [-0.05, 0) is 19.4 Å². The molecule has 0 saturated heterocycles. The van der Waals surface area contributed by atoms with Crippen molar-refractivity contribution >= 4 is 16.3 Å². The standard InChI is InChI=1S/C18H15N3S/c1-12-8-6-7-11-15(12)17-20-21-13(2)16(19-18(21)22-17)14-9-4-3-5-10-14/h3-11H,1-2H3. The van der Waals surface area contributed by atoms with Gasteiger partial charge in [0.1, 0.15) is 5.01 Å². The number of aryl methyl sites for hydroxylation is 2. The fourth-order valence-electron chi connectivity index (χ4n) is 2.64. The highest BCUT2D eigenvalue weighted by Gasteiger charge is 2.16. The Bertz CT molecular complexity index is 951. The van der Waals surface area contributed by atoms with Crippen LogP contribution in [0.5, 0.6) is 0 Å². The molecule has 0 amide bonds. The summed E-state index contributed by atoms with van der Waals surface area (Å²) in [6, 6.07) is 18.6. The minimum atomic E-state index is 0.939. The summed E-state index contributed by atoms with van der Waals surface area (Å²) in [5.41, 5.74) is 5.64. The maximum atomic E-state index is 4.78. The highest BCUT2D eigenvalue weighted by molar-refractivity contribution is 7.19. The Hall–Kier alpha value is -2.46. The van der Waals surface area contributed by atoms with Crippen molar-refractivity contribution in [3.63, 3.8) is 0 Å². The highest BCUT2D eigenvalue weighted by Crippen LogP contribution is 2.31. The summed E-state index contributed by atoms with van der Waals surface area (Å²) in [4.78, 5) is 5.72. The van der Waals surface area contributed by atoms with Gasteiger partial charge in [0.15, 0.2) is 0 Å². The van der Waals surface area contributed by atoms with Crippen LogP contribution < -0.4 is 0 Å². The molecule has 0 bridgehead atoms. The minimum Gasteiger partial charge on any atom is -0.217 e. The van der Waals surface area contributed by atoms with Crippen LogP contribution in [0.3, 0.4) is 0 Å². The number of rotatable bonds is 2. The molecule has 0 aliphatic rings. The van der Waals surface area contributed by atoms with E-state index in [1.165, 1.54) is 11.1 Å². The summed E-state index contributed by atoms with van der Waals surface area (Å²) in [5, 5.41) is 5.78. The van der Waals surface area contributed by atoms with Gasteiger partial charge >= 0.3 is 0 Å². The summed E-state index contributed by atoms with van der Waals surface area (Å²) < 4.78 is 1.95. The topological polar surface area (TPSA) is 30.2 Å². The van der Waals surface area contributed by atoms with Gasteiger partial charge in [-0.15, -0.1) is 0 Å². The van der Waals surface area contributed by atoms with Crippen LogP contribution in [0.15, 0.2) is 54.6 Å². The molecule has 22 heavy (non-hydrogen) atoms. The minimum absolute atomic E-state index is 0.939. The molecule has 0 aliphatic heterocycles. The molecule has 2 heterocycles. The summed E-state index contributed by atoms with van der Waals surface area (Å²) in [6.45, 7) is 4.19. The van der Waals surface area contributed by atoms with Gasteiger partial charge in [-0.2, -0.15) is 5.10 Å². The monoisotopic (exact) mass is 305 g/mol. The fraction of sp³-hybridized carbons (Fsp3) is 0.111. The molecule has 2 aromatic carbocycles. The van der Waals surface area contributed by atoms with Crippen LogP contribution in [0.4, 0.5) is 0 Å². The molecule has 0 saturated carbocycles. The van der Waals surface area contributed by atoms with Gasteiger partial charge in [0.25, 0.3) is 0 Å². The largest absolute Gasteiger partial charge is 0.217 e. The Balaban J connectivity index is 1.86. The lowest BCUT2D eigenvalue weighted by Gasteiger charge is -2.00. The molecule has 0 unspecified atom stereocenters. The van der Waals surface area contributed by atoms with Crippen molar-refractivity contribution in [2.24, 2.45) is 0 Å². The van der Waals surface area contributed by atoms with E-state index in [2.05, 4.69) is 50.2 Å². The molecular formula is C18H15N3S. The second-order valence-corrected chi connectivity index (χ2v) is 6.28. The summed E-state index contributed by atoms with van der Waals surface area (Å²) in [5.74, 6) is 0. The van der Waals surface area contributed by atoms with Crippen LogP contribution >= 0.6 is 11.3 Å². The van der Waals surface area contributed by atoms with Crippen molar-refractivity contribution in [2.45, 2.75) is 13.8 Å². The molecule has 3 nitrogen and oxygen atoms in total. The second kappa shape index (κ2) is 5.07. The Kier molecular flexibility index (Phi) is 3.05. The third-order valence-electron chi connectivity index (χ3n) is 3.85. The number of benzene rings is 2. The lowest BCUT2D eigenvalue weighted by atomic mass is 10.1. The average Bonchev–Trinajstić information content (AvgIpc) is 3.09. The van der Waals surface area contributed by atoms with Crippen LogP contribution in [0.1, 0.15) is 11.3 Å². The molecule has 4 heteroatoms. The third kappa shape index (κ3) is 2.04. The van der Waals surface area contributed by atoms with Crippen molar-refractivity contribution < 1.29 is 0 Å². The smallest absolute Gasteiger partial charge is 0.213 e. The third-order valence-corrected chi connectivity index (χ3v) is 4.79. The Morgan fingerprint density at radius 3 is 2.36 bits per heavy atom. The van der Waals surface area contributed by atoms with E-state index < -0.39 is 0 Å². The predicted octanol–water partition coefficient (Wildman–Crippen LogP) is 4.74. The van der Waals surface area contributed by atoms with Crippen molar-refractivity contribution in [1.29, 1.82) is 0 Å². The highest BCUT2D eigenvalue weighted by atomic mass is 32.1. The van der Waals surface area contributed by atoms with Crippen LogP contribution in [0, 0.1) is 13.8 Å². The maximum absolute atomic E-state index is 4.78. The number of aromatic nitrogens is 3. The van der Waals surface area contributed by atoms with Crippen molar-refractivity contribution in [3.8, 4) is 21.8 Å². The van der Waals surface area contributed by atoms with E-state index in [-0.39, 0.29) is 0 Å². The molecule has 0 fully saturated rings. The second-order valence-electron chi connectivity index (χ2n) is 5.33. The average molecular weight is 305 g/mol. The number of imidazole rings is 1. The molecule has 0 radical (unpaired) electrons. The number of hydrogen-bond acceptors (Lipinski definition) is 3. The van der Waals surface area contributed by atoms with E-state index in [0.717, 1.165) is 26.9 Å². The first kappa shape index (κ1) is 13.2. The normalized spacial score (nSPS) is 11.2. The summed E-state index contributed by atoms with van der Waals surface area (Å²) in [6.07, 6.45) is 0. The summed E-state index contributed by atoms with van der Waals surface area (Å²) >= 11 is 1.63. The lowest BCUT2D eigenvalue weighted by molar-refractivity contribution is 0.935. The quantitative estimate of drug-likeness (QED) is 0.535. The Labute approximate surface area is 132 Å². The number of nitrogens with zero attached hydrogens (tertiary/aromatic N) is 3. The van der Waals surface area contributed by atoms with Gasteiger partial charge in [-0.3, -0.25) is 0 Å². The van der Waals surface area contributed by atoms with E-state index in [0.29, 0.717) is 0 Å². The van der Waals surface area contributed by atoms with Crippen LogP contribution in [-0.2, 0) is 0 Å². The van der Waals surface area contributed by atoms with Gasteiger partial charge in [-0.25, -0.2) is 9.50 Å². The zero-order valence-electron chi connectivity index (χ0n) is 12.4. The molecule has 2 aromatic heterocycles. The molecule has 0 aliphatic carbocycles. The zero-order valence-corrected chi connectivity index (χ0v) is 13.3. The zero-order chi connectivity index (χ0) is 15.1. The van der Waals surface area contributed by atoms with E-state index in [9.17, 15) is 0 Å². The summed E-state index contributed by atoms with van der Waals surface area (Å²) in [7, 11) is 0. The van der Waals surface area contributed by atoms with Crippen LogP contribution in [0.25, 0.3) is 26.8 Å². The van der Waals surface area contributed by atoms with Crippen molar-refractivity contribution in [1.82, 2.24) is 14.6 Å².